The van der Waals surface area contributed by atoms with E-state index >= 15 is 0 Å². The van der Waals surface area contributed by atoms with Crippen LogP contribution in [0.25, 0.3) is 0 Å². The fraction of sp³-hybridized carbons (Fsp3) is 0.500. The van der Waals surface area contributed by atoms with Crippen LogP contribution in [0.15, 0.2) is 48.5 Å². The molecular formula is C28H35F3N4O5S. The number of methoxy groups -OCH3 is 1. The number of benzene rings is 2. The first kappa shape index (κ1) is 30.8. The van der Waals surface area contributed by atoms with E-state index in [0.717, 1.165) is 42.7 Å². The molecule has 1 heterocycles. The maximum atomic E-state index is 13.4. The van der Waals surface area contributed by atoms with Crippen molar-refractivity contribution in [3.63, 3.8) is 0 Å². The number of amides is 2. The number of sulfonamides is 1. The molecule has 3 atom stereocenters. The third kappa shape index (κ3) is 8.20. The van der Waals surface area contributed by atoms with Gasteiger partial charge >= 0.3 is 6.18 Å². The van der Waals surface area contributed by atoms with Crippen LogP contribution in [0.4, 0.5) is 13.2 Å². The number of rotatable bonds is 11. The van der Waals surface area contributed by atoms with Gasteiger partial charge in [0.2, 0.25) is 15.9 Å². The maximum absolute atomic E-state index is 13.4. The fourth-order valence-corrected chi connectivity index (χ4v) is 5.83. The highest BCUT2D eigenvalue weighted by Gasteiger charge is 2.38. The summed E-state index contributed by atoms with van der Waals surface area (Å²) in [5.41, 5.74) is 0.356. The van der Waals surface area contributed by atoms with Crippen LogP contribution in [0.5, 0.6) is 5.75 Å². The number of halogens is 3. The molecule has 1 saturated carbocycles. The molecule has 3 unspecified atom stereocenters. The smallest absolute Gasteiger partial charge is 0.416 e. The molecule has 0 spiro atoms. The predicted molar refractivity (Wildman–Crippen MR) is 147 cm³/mol. The van der Waals surface area contributed by atoms with Crippen LogP contribution in [-0.2, 0) is 21.0 Å². The third-order valence-corrected chi connectivity index (χ3v) is 8.81. The lowest BCUT2D eigenvalue weighted by Gasteiger charge is -2.35. The number of piperazine rings is 1. The van der Waals surface area contributed by atoms with Crippen LogP contribution >= 0.6 is 0 Å². The summed E-state index contributed by atoms with van der Waals surface area (Å²) < 4.78 is 69.0. The number of nitrogens with zero attached hydrogens (tertiary/aromatic N) is 2. The first-order valence-corrected chi connectivity index (χ1v) is 15.3. The van der Waals surface area contributed by atoms with E-state index in [1.807, 2.05) is 24.3 Å². The Morgan fingerprint density at radius 3 is 2.22 bits per heavy atom. The summed E-state index contributed by atoms with van der Waals surface area (Å²) >= 11 is 0. The van der Waals surface area contributed by atoms with Crippen molar-refractivity contribution >= 4 is 21.8 Å². The molecule has 0 bridgehead atoms. The van der Waals surface area contributed by atoms with E-state index in [9.17, 15) is 31.2 Å². The number of nitrogens with one attached hydrogen (secondary N) is 2. The van der Waals surface area contributed by atoms with Crippen molar-refractivity contribution in [1.29, 1.82) is 0 Å². The monoisotopic (exact) mass is 596 g/mol. The second-order valence-electron chi connectivity index (χ2n) is 10.4. The molecule has 2 N–H and O–H groups in total. The van der Waals surface area contributed by atoms with Crippen LogP contribution in [0.3, 0.4) is 0 Å². The van der Waals surface area contributed by atoms with Crippen LogP contribution < -0.4 is 15.4 Å². The zero-order chi connectivity index (χ0) is 29.8. The van der Waals surface area contributed by atoms with Gasteiger partial charge in [-0.1, -0.05) is 12.1 Å². The topological polar surface area (TPSA) is 108 Å². The molecule has 2 amide bonds. The number of carbonyl (C=O) groups excluding carboxylic acids is 2. The molecule has 0 aromatic heterocycles. The Hall–Kier alpha value is -3.16. The zero-order valence-corrected chi connectivity index (χ0v) is 23.8. The number of carbonyl (C=O) groups is 2. The molecule has 0 radical (unpaired) electrons. The molecule has 224 valence electrons. The molecule has 4 rings (SSSR count). The average Bonchev–Trinajstić information content (AvgIpc) is 3.73. The van der Waals surface area contributed by atoms with Gasteiger partial charge in [0.25, 0.3) is 5.91 Å². The highest BCUT2D eigenvalue weighted by molar-refractivity contribution is 7.88. The molecule has 1 aliphatic heterocycles. The number of alkyl halides is 3. The number of hydrogen-bond donors (Lipinski definition) is 2. The lowest BCUT2D eigenvalue weighted by atomic mass is 10.1. The van der Waals surface area contributed by atoms with Gasteiger partial charge in [-0.3, -0.25) is 9.59 Å². The summed E-state index contributed by atoms with van der Waals surface area (Å²) in [7, 11) is -1.76. The second kappa shape index (κ2) is 12.8. The Labute approximate surface area is 238 Å². The summed E-state index contributed by atoms with van der Waals surface area (Å²) in [5, 5.41) is 6.18. The zero-order valence-electron chi connectivity index (χ0n) is 23.0. The van der Waals surface area contributed by atoms with Gasteiger partial charge in [0.05, 0.1) is 18.9 Å². The highest BCUT2D eigenvalue weighted by Crippen LogP contribution is 2.41. The molecule has 2 fully saturated rings. The lowest BCUT2D eigenvalue weighted by Crippen LogP contribution is -2.55. The number of ether oxygens (including phenoxy) is 1. The predicted octanol–water partition coefficient (Wildman–Crippen LogP) is 2.84. The van der Waals surface area contributed by atoms with Crippen molar-refractivity contribution in [3.05, 3.63) is 65.2 Å². The minimum atomic E-state index is -4.53. The van der Waals surface area contributed by atoms with Crippen LogP contribution in [0.1, 0.15) is 46.7 Å². The Morgan fingerprint density at radius 2 is 1.66 bits per heavy atom. The second-order valence-corrected chi connectivity index (χ2v) is 12.4. The van der Waals surface area contributed by atoms with Crippen molar-refractivity contribution in [2.24, 2.45) is 0 Å². The molecule has 2 aliphatic rings. The van der Waals surface area contributed by atoms with Gasteiger partial charge in [0.1, 0.15) is 11.8 Å². The van der Waals surface area contributed by atoms with Gasteiger partial charge in [0, 0.05) is 43.7 Å². The van der Waals surface area contributed by atoms with Gasteiger partial charge in [-0.15, -0.1) is 0 Å². The fourth-order valence-electron chi connectivity index (χ4n) is 5.00. The summed E-state index contributed by atoms with van der Waals surface area (Å²) in [5.74, 6) is 0.192. The van der Waals surface area contributed by atoms with E-state index in [2.05, 4.69) is 10.6 Å². The highest BCUT2D eigenvalue weighted by atomic mass is 32.2. The molecule has 13 heteroatoms. The molecular weight excluding hydrogens is 561 g/mol. The minimum Gasteiger partial charge on any atom is -0.497 e. The first-order valence-electron chi connectivity index (χ1n) is 13.5. The normalized spacial score (nSPS) is 20.4. The van der Waals surface area contributed by atoms with Crippen molar-refractivity contribution in [3.8, 4) is 5.75 Å². The standard InChI is InChI=1S/C28H35F3N4O5S/c1-40-22-11-7-19(8-12-22)23-18-25(23)32-13-3-4-24(27(37)34-14-16-35(17-15-34)41(2,38)39)33-26(36)20-5-9-21(10-6-20)28(29,30)31/h5-12,23-25,32H,3-4,13-18H2,1-2H3,(H,33,36). The van der Waals surface area contributed by atoms with E-state index in [4.69, 9.17) is 4.74 Å². The van der Waals surface area contributed by atoms with Crippen molar-refractivity contribution in [2.45, 2.75) is 43.4 Å². The summed E-state index contributed by atoms with van der Waals surface area (Å²) in [6, 6.07) is 11.2. The first-order chi connectivity index (χ1) is 19.4. The van der Waals surface area contributed by atoms with E-state index < -0.39 is 33.7 Å². The van der Waals surface area contributed by atoms with Crippen molar-refractivity contribution in [2.75, 3.05) is 46.1 Å². The van der Waals surface area contributed by atoms with Crippen LogP contribution in [-0.4, -0.2) is 87.6 Å². The van der Waals surface area contributed by atoms with E-state index in [1.165, 1.54) is 14.8 Å². The largest absolute Gasteiger partial charge is 0.497 e. The molecule has 41 heavy (non-hydrogen) atoms. The van der Waals surface area contributed by atoms with Crippen LogP contribution in [0, 0.1) is 0 Å². The number of hydrogen-bond acceptors (Lipinski definition) is 6. The third-order valence-electron chi connectivity index (χ3n) is 7.51. The Bertz CT molecular complexity index is 1310. The van der Waals surface area contributed by atoms with Crippen LogP contribution in [0.2, 0.25) is 0 Å². The Morgan fingerprint density at radius 1 is 1.02 bits per heavy atom. The van der Waals surface area contributed by atoms with Gasteiger partial charge in [-0.05, 0) is 67.8 Å². The lowest BCUT2D eigenvalue weighted by molar-refractivity contribution is -0.137. The van der Waals surface area contributed by atoms with Gasteiger partial charge in [0.15, 0.2) is 0 Å². The molecule has 2 aromatic carbocycles. The minimum absolute atomic E-state index is 0.0103. The average molecular weight is 597 g/mol. The van der Waals surface area contributed by atoms with Crippen molar-refractivity contribution in [1.82, 2.24) is 19.8 Å². The van der Waals surface area contributed by atoms with Gasteiger partial charge < -0.3 is 20.3 Å². The molecule has 2 aromatic rings. The Kier molecular flexibility index (Phi) is 9.60. The molecule has 1 saturated heterocycles. The van der Waals surface area contributed by atoms with E-state index in [-0.39, 0.29) is 37.6 Å². The van der Waals surface area contributed by atoms with Gasteiger partial charge in [-0.2, -0.15) is 17.5 Å². The van der Waals surface area contributed by atoms with Gasteiger partial charge in [-0.25, -0.2) is 8.42 Å². The van der Waals surface area contributed by atoms with Crippen molar-refractivity contribution < 1.29 is 35.9 Å². The van der Waals surface area contributed by atoms with E-state index in [1.54, 1.807) is 7.11 Å². The SMILES string of the molecule is COc1ccc(C2CC2NCCCC(NC(=O)c2ccc(C(F)(F)F)cc2)C(=O)N2CCN(S(C)(=O)=O)CC2)cc1. The molecule has 9 nitrogen and oxygen atoms in total. The van der Waals surface area contributed by atoms with E-state index in [0.29, 0.717) is 31.3 Å². The quantitative estimate of drug-likeness (QED) is 0.387. The summed E-state index contributed by atoms with van der Waals surface area (Å²) in [4.78, 5) is 27.8. The maximum Gasteiger partial charge on any atom is 0.416 e. The summed E-state index contributed by atoms with van der Waals surface area (Å²) in [6.07, 6.45) is -1.54. The Balaban J connectivity index is 1.35. The summed E-state index contributed by atoms with van der Waals surface area (Å²) in [6.45, 7) is 1.28. The molecule has 1 aliphatic carbocycles.